The number of ether oxygens (including phenoxy) is 1. The molecule has 0 spiro atoms. The van der Waals surface area contributed by atoms with Crippen molar-refractivity contribution in [3.8, 4) is 11.8 Å². The highest BCUT2D eigenvalue weighted by molar-refractivity contribution is 5.70. The van der Waals surface area contributed by atoms with E-state index >= 15 is 0 Å². The highest BCUT2D eigenvalue weighted by Gasteiger charge is 2.16. The maximum Gasteiger partial charge on any atom is 0.307 e. The van der Waals surface area contributed by atoms with Crippen molar-refractivity contribution in [2.75, 3.05) is 0 Å². The van der Waals surface area contributed by atoms with Crippen molar-refractivity contribution >= 4 is 5.97 Å². The first-order chi connectivity index (χ1) is 10.4. The summed E-state index contributed by atoms with van der Waals surface area (Å²) in [7, 11) is 0. The van der Waals surface area contributed by atoms with E-state index in [-0.39, 0.29) is 12.1 Å². The van der Waals surface area contributed by atoms with Crippen LogP contribution >= 0.6 is 0 Å². The maximum atomic E-state index is 11.6. The molecule has 1 fully saturated rings. The van der Waals surface area contributed by atoms with E-state index in [2.05, 4.69) is 11.8 Å². The Kier molecular flexibility index (Phi) is 8.52. The third-order valence-electron chi connectivity index (χ3n) is 3.86. The second-order valence-electron chi connectivity index (χ2n) is 7.11. The van der Waals surface area contributed by atoms with Crippen molar-refractivity contribution < 1.29 is 14.4 Å². The molecule has 1 atom stereocenters. The minimum Gasteiger partial charge on any atom is -0.460 e. The third kappa shape index (κ3) is 9.07. The standard InChI is InChI=1S/C18H31NO3/c1-18(2,3)21-17(20)12-8-7-11-16(22-19)14-13-15-9-5-4-6-10-15/h15-16H,4-6,8-10,12-14,19H2,1-3H3. The number of esters is 1. The zero-order valence-corrected chi connectivity index (χ0v) is 14.3. The molecule has 0 heterocycles. The van der Waals surface area contributed by atoms with Crippen LogP contribution in [0, 0.1) is 17.8 Å². The summed E-state index contributed by atoms with van der Waals surface area (Å²) in [5.74, 6) is 11.9. The van der Waals surface area contributed by atoms with Gasteiger partial charge in [0.25, 0.3) is 0 Å². The van der Waals surface area contributed by atoms with Crippen molar-refractivity contribution in [2.45, 2.75) is 90.3 Å². The van der Waals surface area contributed by atoms with Crippen LogP contribution in [0.3, 0.4) is 0 Å². The smallest absolute Gasteiger partial charge is 0.307 e. The van der Waals surface area contributed by atoms with E-state index in [9.17, 15) is 4.79 Å². The Bertz CT molecular complexity index is 383. The molecule has 0 aromatic carbocycles. The molecule has 4 nitrogen and oxygen atoms in total. The lowest BCUT2D eigenvalue weighted by molar-refractivity contribution is -0.154. The van der Waals surface area contributed by atoms with Gasteiger partial charge in [0.2, 0.25) is 0 Å². The van der Waals surface area contributed by atoms with Gasteiger partial charge in [0.1, 0.15) is 11.7 Å². The molecule has 0 radical (unpaired) electrons. The van der Waals surface area contributed by atoms with Crippen molar-refractivity contribution in [1.82, 2.24) is 0 Å². The van der Waals surface area contributed by atoms with Gasteiger partial charge in [0.15, 0.2) is 0 Å². The first-order valence-electron chi connectivity index (χ1n) is 8.46. The fourth-order valence-corrected chi connectivity index (χ4v) is 2.78. The van der Waals surface area contributed by atoms with Crippen LogP contribution in [0.25, 0.3) is 0 Å². The quantitative estimate of drug-likeness (QED) is 0.461. The van der Waals surface area contributed by atoms with Gasteiger partial charge in [-0.1, -0.05) is 43.9 Å². The molecule has 22 heavy (non-hydrogen) atoms. The van der Waals surface area contributed by atoms with E-state index in [1.165, 1.54) is 32.1 Å². The predicted molar refractivity (Wildman–Crippen MR) is 87.7 cm³/mol. The number of carbonyl (C=O) groups excluding carboxylic acids is 1. The summed E-state index contributed by atoms with van der Waals surface area (Å²) in [6.07, 6.45) is 9.29. The normalized spacial score (nSPS) is 17.5. The van der Waals surface area contributed by atoms with Crippen LogP contribution < -0.4 is 5.90 Å². The molecule has 0 aromatic heterocycles. The second kappa shape index (κ2) is 9.86. The van der Waals surface area contributed by atoms with Gasteiger partial charge in [-0.2, -0.15) is 0 Å². The third-order valence-corrected chi connectivity index (χ3v) is 3.86. The van der Waals surface area contributed by atoms with Crippen molar-refractivity contribution in [2.24, 2.45) is 11.8 Å². The van der Waals surface area contributed by atoms with Crippen LogP contribution in [-0.4, -0.2) is 17.7 Å². The first kappa shape index (κ1) is 19.0. The van der Waals surface area contributed by atoms with Gasteiger partial charge in [-0.05, 0) is 39.5 Å². The molecule has 0 saturated heterocycles. The van der Waals surface area contributed by atoms with Crippen LogP contribution in [0.2, 0.25) is 0 Å². The molecule has 1 rings (SSSR count). The Balaban J connectivity index is 2.23. The molecule has 1 aliphatic rings. The Hall–Kier alpha value is -1.05. The van der Waals surface area contributed by atoms with Gasteiger partial charge >= 0.3 is 5.97 Å². The molecule has 126 valence electrons. The van der Waals surface area contributed by atoms with E-state index in [4.69, 9.17) is 15.5 Å². The number of hydrogen-bond acceptors (Lipinski definition) is 4. The van der Waals surface area contributed by atoms with Gasteiger partial charge in [-0.3, -0.25) is 9.63 Å². The van der Waals surface area contributed by atoms with E-state index in [1.54, 1.807) is 0 Å². The summed E-state index contributed by atoms with van der Waals surface area (Å²) >= 11 is 0. The highest BCUT2D eigenvalue weighted by Crippen LogP contribution is 2.27. The molecule has 0 amide bonds. The van der Waals surface area contributed by atoms with E-state index in [0.29, 0.717) is 12.8 Å². The largest absolute Gasteiger partial charge is 0.460 e. The van der Waals surface area contributed by atoms with Gasteiger partial charge in [-0.25, -0.2) is 5.90 Å². The zero-order chi connectivity index (χ0) is 16.4. The molecule has 1 saturated carbocycles. The van der Waals surface area contributed by atoms with Crippen molar-refractivity contribution in [3.05, 3.63) is 0 Å². The Morgan fingerprint density at radius 3 is 2.55 bits per heavy atom. The summed E-state index contributed by atoms with van der Waals surface area (Å²) in [5.41, 5.74) is -0.437. The second-order valence-corrected chi connectivity index (χ2v) is 7.11. The fraction of sp³-hybridized carbons (Fsp3) is 0.833. The van der Waals surface area contributed by atoms with Gasteiger partial charge < -0.3 is 4.74 Å². The summed E-state index contributed by atoms with van der Waals surface area (Å²) in [6.45, 7) is 5.58. The monoisotopic (exact) mass is 309 g/mol. The lowest BCUT2D eigenvalue weighted by atomic mass is 9.85. The number of nitrogens with two attached hydrogens (primary N) is 1. The molecule has 2 N–H and O–H groups in total. The first-order valence-corrected chi connectivity index (χ1v) is 8.46. The molecule has 4 heteroatoms. The molecule has 1 unspecified atom stereocenters. The fourth-order valence-electron chi connectivity index (χ4n) is 2.78. The predicted octanol–water partition coefficient (Wildman–Crippen LogP) is 3.73. The molecule has 0 aliphatic heterocycles. The van der Waals surface area contributed by atoms with Crippen LogP contribution in [-0.2, 0) is 14.4 Å². The summed E-state index contributed by atoms with van der Waals surface area (Å²) < 4.78 is 5.24. The molecular formula is C18H31NO3. The Morgan fingerprint density at radius 2 is 1.95 bits per heavy atom. The number of hydrogen-bond donors (Lipinski definition) is 1. The minimum atomic E-state index is -0.437. The average Bonchev–Trinajstić information content (AvgIpc) is 2.46. The summed E-state index contributed by atoms with van der Waals surface area (Å²) in [6, 6.07) is 0. The molecular weight excluding hydrogens is 278 g/mol. The maximum absolute atomic E-state index is 11.6. The zero-order valence-electron chi connectivity index (χ0n) is 14.3. The van der Waals surface area contributed by atoms with Crippen LogP contribution in [0.5, 0.6) is 0 Å². The average molecular weight is 309 g/mol. The Morgan fingerprint density at radius 1 is 1.27 bits per heavy atom. The number of rotatable bonds is 6. The molecule has 0 bridgehead atoms. The Labute approximate surface area is 135 Å². The molecule has 1 aliphatic carbocycles. The minimum absolute atomic E-state index is 0.214. The highest BCUT2D eigenvalue weighted by atomic mass is 16.6. The van der Waals surface area contributed by atoms with Crippen molar-refractivity contribution in [3.63, 3.8) is 0 Å². The van der Waals surface area contributed by atoms with E-state index in [1.807, 2.05) is 20.8 Å². The van der Waals surface area contributed by atoms with Crippen molar-refractivity contribution in [1.29, 1.82) is 0 Å². The summed E-state index contributed by atoms with van der Waals surface area (Å²) in [5, 5.41) is 0. The van der Waals surface area contributed by atoms with Gasteiger partial charge in [0.05, 0.1) is 6.42 Å². The lowest BCUT2D eigenvalue weighted by Gasteiger charge is -2.22. The van der Waals surface area contributed by atoms with Gasteiger partial charge in [-0.15, -0.1) is 0 Å². The molecule has 0 aromatic rings. The van der Waals surface area contributed by atoms with Crippen LogP contribution in [0.15, 0.2) is 0 Å². The number of carbonyl (C=O) groups is 1. The SMILES string of the molecule is CC(C)(C)OC(=O)CCC#CC(CCC1CCCCC1)ON. The van der Waals surface area contributed by atoms with Gasteiger partial charge in [0, 0.05) is 6.42 Å². The van der Waals surface area contributed by atoms with Crippen LogP contribution in [0.4, 0.5) is 0 Å². The van der Waals surface area contributed by atoms with Crippen LogP contribution in [0.1, 0.15) is 78.6 Å². The van der Waals surface area contributed by atoms with E-state index < -0.39 is 5.60 Å². The summed E-state index contributed by atoms with van der Waals surface area (Å²) in [4.78, 5) is 16.5. The lowest BCUT2D eigenvalue weighted by Crippen LogP contribution is -2.23. The van der Waals surface area contributed by atoms with E-state index in [0.717, 1.165) is 18.8 Å². The topological polar surface area (TPSA) is 61.5 Å².